The second-order valence-corrected chi connectivity index (χ2v) is 5.04. The number of nitrogens with zero attached hydrogens (tertiary/aromatic N) is 1. The first-order chi connectivity index (χ1) is 4.99. The van der Waals surface area contributed by atoms with E-state index in [1.807, 2.05) is 0 Å². The minimum absolute atomic E-state index is 0.503. The highest BCUT2D eigenvalue weighted by atomic mass is 15.1. The van der Waals surface area contributed by atoms with Crippen molar-refractivity contribution in [2.45, 2.75) is 46.1 Å². The van der Waals surface area contributed by atoms with Crippen LogP contribution in [0.2, 0.25) is 0 Å². The number of hydrogen-bond donors (Lipinski definition) is 0. The van der Waals surface area contributed by atoms with Gasteiger partial charge in [-0.15, -0.1) is 0 Å². The van der Waals surface area contributed by atoms with Gasteiger partial charge in [0.15, 0.2) is 0 Å². The zero-order chi connectivity index (χ0) is 8.48. The molecule has 1 heteroatoms. The molecule has 1 heterocycles. The molecule has 0 radical (unpaired) electrons. The van der Waals surface area contributed by atoms with E-state index < -0.39 is 0 Å². The minimum Gasteiger partial charge on any atom is -0.303 e. The first-order valence-corrected chi connectivity index (χ1v) is 4.69. The first kappa shape index (κ1) is 9.05. The van der Waals surface area contributed by atoms with E-state index in [1.165, 1.54) is 25.8 Å². The third kappa shape index (κ3) is 2.82. The molecule has 0 bridgehead atoms. The quantitative estimate of drug-likeness (QED) is 0.562. The summed E-state index contributed by atoms with van der Waals surface area (Å²) >= 11 is 0. The highest BCUT2D eigenvalue weighted by Crippen LogP contribution is 2.28. The van der Waals surface area contributed by atoms with Crippen molar-refractivity contribution in [2.24, 2.45) is 5.41 Å². The molecular weight excluding hydrogens is 134 g/mol. The maximum Gasteiger partial charge on any atom is 0.00976 e. The summed E-state index contributed by atoms with van der Waals surface area (Å²) in [6, 6.07) is 0.856. The van der Waals surface area contributed by atoms with Crippen molar-refractivity contribution >= 4 is 0 Å². The van der Waals surface area contributed by atoms with Gasteiger partial charge < -0.3 is 4.90 Å². The maximum absolute atomic E-state index is 2.51. The van der Waals surface area contributed by atoms with Gasteiger partial charge in [0.1, 0.15) is 0 Å². The molecule has 0 aromatic carbocycles. The lowest BCUT2D eigenvalue weighted by Gasteiger charge is -2.27. The van der Waals surface area contributed by atoms with Gasteiger partial charge in [-0.05, 0) is 38.3 Å². The van der Waals surface area contributed by atoms with Gasteiger partial charge in [-0.3, -0.25) is 0 Å². The van der Waals surface area contributed by atoms with E-state index in [0.29, 0.717) is 5.41 Å². The van der Waals surface area contributed by atoms with Crippen molar-refractivity contribution in [1.82, 2.24) is 4.90 Å². The van der Waals surface area contributed by atoms with Crippen LogP contribution in [-0.2, 0) is 0 Å². The van der Waals surface area contributed by atoms with E-state index in [9.17, 15) is 0 Å². The van der Waals surface area contributed by atoms with Gasteiger partial charge in [-0.2, -0.15) is 0 Å². The third-order valence-corrected chi connectivity index (χ3v) is 2.52. The zero-order valence-electron chi connectivity index (χ0n) is 8.35. The van der Waals surface area contributed by atoms with Crippen LogP contribution in [-0.4, -0.2) is 24.5 Å². The lowest BCUT2D eigenvalue weighted by Crippen LogP contribution is -2.29. The Morgan fingerprint density at radius 2 is 2.00 bits per heavy atom. The molecule has 1 unspecified atom stereocenters. The van der Waals surface area contributed by atoms with Crippen molar-refractivity contribution in [3.63, 3.8) is 0 Å². The van der Waals surface area contributed by atoms with Crippen LogP contribution in [0.3, 0.4) is 0 Å². The summed E-state index contributed by atoms with van der Waals surface area (Å²) in [5, 5.41) is 0. The Hall–Kier alpha value is -0.0400. The molecule has 0 aliphatic carbocycles. The molecule has 0 amide bonds. The molecule has 0 aromatic rings. The van der Waals surface area contributed by atoms with Crippen LogP contribution in [0.5, 0.6) is 0 Å². The minimum atomic E-state index is 0.503. The fourth-order valence-electron chi connectivity index (χ4n) is 1.94. The molecule has 0 spiro atoms. The van der Waals surface area contributed by atoms with E-state index in [-0.39, 0.29) is 0 Å². The van der Waals surface area contributed by atoms with Crippen LogP contribution >= 0.6 is 0 Å². The largest absolute Gasteiger partial charge is 0.303 e. The molecule has 66 valence electrons. The molecule has 0 saturated carbocycles. The monoisotopic (exact) mass is 155 g/mol. The molecule has 1 aliphatic rings. The Morgan fingerprint density at radius 3 is 2.36 bits per heavy atom. The smallest absolute Gasteiger partial charge is 0.00976 e. The van der Waals surface area contributed by atoms with Gasteiger partial charge >= 0.3 is 0 Å². The topological polar surface area (TPSA) is 3.24 Å². The molecule has 1 saturated heterocycles. The first-order valence-electron chi connectivity index (χ1n) is 4.69. The summed E-state index contributed by atoms with van der Waals surface area (Å²) in [7, 11) is 2.25. The Kier molecular flexibility index (Phi) is 2.58. The summed E-state index contributed by atoms with van der Waals surface area (Å²) in [5.74, 6) is 0. The molecule has 0 aromatic heterocycles. The molecule has 1 fully saturated rings. The molecule has 0 N–H and O–H groups in total. The maximum atomic E-state index is 2.51. The molecule has 1 aliphatic heterocycles. The van der Waals surface area contributed by atoms with Crippen molar-refractivity contribution in [1.29, 1.82) is 0 Å². The fraction of sp³-hybridized carbons (Fsp3) is 1.00. The van der Waals surface area contributed by atoms with Crippen molar-refractivity contribution in [3.8, 4) is 0 Å². The van der Waals surface area contributed by atoms with Crippen LogP contribution in [0.25, 0.3) is 0 Å². The Balaban J connectivity index is 2.37. The Labute approximate surface area is 70.8 Å². The number of likely N-dealkylation sites (tertiary alicyclic amines) is 1. The summed E-state index contributed by atoms with van der Waals surface area (Å²) in [6.45, 7) is 8.30. The lowest BCUT2D eigenvalue weighted by molar-refractivity contribution is 0.224. The van der Waals surface area contributed by atoms with Crippen LogP contribution < -0.4 is 0 Å². The Bertz CT molecular complexity index is 123. The third-order valence-electron chi connectivity index (χ3n) is 2.52. The summed E-state index contributed by atoms with van der Waals surface area (Å²) in [5.41, 5.74) is 0.503. The van der Waals surface area contributed by atoms with E-state index in [0.717, 1.165) is 6.04 Å². The lowest BCUT2D eigenvalue weighted by atomic mass is 9.87. The summed E-state index contributed by atoms with van der Waals surface area (Å²) in [6.07, 6.45) is 4.16. The van der Waals surface area contributed by atoms with Gasteiger partial charge in [0.25, 0.3) is 0 Å². The molecular formula is C10H21N. The molecule has 1 nitrogen and oxygen atoms in total. The highest BCUT2D eigenvalue weighted by Gasteiger charge is 2.25. The van der Waals surface area contributed by atoms with E-state index in [1.54, 1.807) is 0 Å². The SMILES string of the molecule is CN1CCCC1CC(C)(C)C. The predicted molar refractivity (Wildman–Crippen MR) is 49.7 cm³/mol. The highest BCUT2D eigenvalue weighted by molar-refractivity contribution is 4.80. The Morgan fingerprint density at radius 1 is 1.36 bits per heavy atom. The summed E-state index contributed by atoms with van der Waals surface area (Å²) in [4.78, 5) is 2.51. The van der Waals surface area contributed by atoms with Crippen LogP contribution in [0.4, 0.5) is 0 Å². The van der Waals surface area contributed by atoms with Crippen molar-refractivity contribution in [3.05, 3.63) is 0 Å². The second kappa shape index (κ2) is 3.14. The standard InChI is InChI=1S/C10H21N/c1-10(2,3)8-9-6-5-7-11(9)4/h9H,5-8H2,1-4H3. The number of rotatable bonds is 1. The van der Waals surface area contributed by atoms with E-state index in [4.69, 9.17) is 0 Å². The fourth-order valence-corrected chi connectivity index (χ4v) is 1.94. The number of hydrogen-bond acceptors (Lipinski definition) is 1. The second-order valence-electron chi connectivity index (χ2n) is 5.04. The van der Waals surface area contributed by atoms with Crippen LogP contribution in [0.1, 0.15) is 40.0 Å². The molecule has 11 heavy (non-hydrogen) atoms. The van der Waals surface area contributed by atoms with E-state index in [2.05, 4.69) is 32.7 Å². The van der Waals surface area contributed by atoms with Gasteiger partial charge in [0, 0.05) is 6.04 Å². The average Bonchev–Trinajstić information content (AvgIpc) is 2.12. The van der Waals surface area contributed by atoms with Crippen LogP contribution in [0, 0.1) is 5.41 Å². The van der Waals surface area contributed by atoms with E-state index >= 15 is 0 Å². The van der Waals surface area contributed by atoms with Gasteiger partial charge in [-0.1, -0.05) is 20.8 Å². The average molecular weight is 155 g/mol. The van der Waals surface area contributed by atoms with Gasteiger partial charge in [-0.25, -0.2) is 0 Å². The normalized spacial score (nSPS) is 27.8. The summed E-state index contributed by atoms with van der Waals surface area (Å²) < 4.78 is 0. The predicted octanol–water partition coefficient (Wildman–Crippen LogP) is 2.52. The van der Waals surface area contributed by atoms with Gasteiger partial charge in [0.05, 0.1) is 0 Å². The zero-order valence-corrected chi connectivity index (χ0v) is 8.35. The van der Waals surface area contributed by atoms with Gasteiger partial charge in [0.2, 0.25) is 0 Å². The molecule has 1 rings (SSSR count). The van der Waals surface area contributed by atoms with Crippen molar-refractivity contribution < 1.29 is 0 Å². The van der Waals surface area contributed by atoms with Crippen molar-refractivity contribution in [2.75, 3.05) is 13.6 Å². The molecule has 1 atom stereocenters. The van der Waals surface area contributed by atoms with Crippen LogP contribution in [0.15, 0.2) is 0 Å².